The molecule has 0 N–H and O–H groups in total. The first-order valence-electron chi connectivity index (χ1n) is 6.93. The Morgan fingerprint density at radius 2 is 2.00 bits per heavy atom. The van der Waals surface area contributed by atoms with Gasteiger partial charge in [0, 0.05) is 32.8 Å². The fraction of sp³-hybridized carbons (Fsp3) is 0.917. The largest absolute Gasteiger partial charge is 0.368 e. The lowest BCUT2D eigenvalue weighted by Gasteiger charge is -2.23. The number of carbonyl (C=O) groups excluding carboxylic acids is 1. The highest BCUT2D eigenvalue weighted by Crippen LogP contribution is 2.16. The highest BCUT2D eigenvalue weighted by molar-refractivity contribution is 7.89. The average Bonchev–Trinajstić information content (AvgIpc) is 2.81. The zero-order chi connectivity index (χ0) is 13.9. The number of sulfonamides is 1. The predicted molar refractivity (Wildman–Crippen MR) is 71.2 cm³/mol. The lowest BCUT2D eigenvalue weighted by atomic mass is 10.2. The summed E-state index contributed by atoms with van der Waals surface area (Å²) in [6.07, 6.45) is 2.10. The van der Waals surface area contributed by atoms with Crippen LogP contribution in [-0.4, -0.2) is 68.2 Å². The molecule has 2 heterocycles. The molecule has 2 fully saturated rings. The molecule has 6 nitrogen and oxygen atoms in total. The summed E-state index contributed by atoms with van der Waals surface area (Å²) in [7, 11) is -3.15. The number of hydrogen-bond donors (Lipinski definition) is 0. The Morgan fingerprint density at radius 1 is 1.21 bits per heavy atom. The zero-order valence-electron chi connectivity index (χ0n) is 11.4. The van der Waals surface area contributed by atoms with Gasteiger partial charge in [0.05, 0.1) is 5.75 Å². The second-order valence-electron chi connectivity index (χ2n) is 4.98. The number of rotatable bonds is 3. The minimum atomic E-state index is -3.15. The summed E-state index contributed by atoms with van der Waals surface area (Å²) in [6, 6.07) is 0. The molecule has 0 bridgehead atoms. The lowest BCUT2D eigenvalue weighted by Crippen LogP contribution is -2.42. The molecule has 2 aliphatic heterocycles. The van der Waals surface area contributed by atoms with E-state index in [1.54, 1.807) is 11.8 Å². The summed E-state index contributed by atoms with van der Waals surface area (Å²) in [5, 5.41) is 0. The van der Waals surface area contributed by atoms with Crippen LogP contribution in [0, 0.1) is 0 Å². The van der Waals surface area contributed by atoms with E-state index in [1.165, 1.54) is 4.31 Å². The van der Waals surface area contributed by atoms with E-state index in [9.17, 15) is 13.2 Å². The third-order valence-electron chi connectivity index (χ3n) is 3.73. The summed E-state index contributed by atoms with van der Waals surface area (Å²) >= 11 is 0. The smallest absolute Gasteiger partial charge is 0.251 e. The summed E-state index contributed by atoms with van der Waals surface area (Å²) in [6.45, 7) is 4.29. The van der Waals surface area contributed by atoms with E-state index < -0.39 is 10.0 Å². The van der Waals surface area contributed by atoms with Crippen LogP contribution in [0.1, 0.15) is 26.2 Å². The number of ether oxygens (including phenoxy) is 1. The van der Waals surface area contributed by atoms with Crippen molar-refractivity contribution in [1.29, 1.82) is 0 Å². The molecule has 0 aromatic heterocycles. The van der Waals surface area contributed by atoms with Crippen LogP contribution >= 0.6 is 0 Å². The number of nitrogens with zero attached hydrogens (tertiary/aromatic N) is 2. The van der Waals surface area contributed by atoms with Gasteiger partial charge in [-0.05, 0) is 26.2 Å². The minimum Gasteiger partial charge on any atom is -0.368 e. The molecule has 0 aromatic carbocycles. The molecule has 0 spiro atoms. The fourth-order valence-corrected chi connectivity index (χ4v) is 3.68. The molecule has 1 amide bonds. The normalized spacial score (nSPS) is 26.4. The maximum absolute atomic E-state index is 12.2. The Kier molecular flexibility index (Phi) is 4.81. The molecule has 0 aliphatic carbocycles. The van der Waals surface area contributed by atoms with Crippen LogP contribution < -0.4 is 0 Å². The van der Waals surface area contributed by atoms with E-state index in [0.717, 1.165) is 12.8 Å². The quantitative estimate of drug-likeness (QED) is 0.736. The predicted octanol–water partition coefficient (Wildman–Crippen LogP) is 0.0494. The van der Waals surface area contributed by atoms with Gasteiger partial charge < -0.3 is 9.64 Å². The molecular weight excluding hydrogens is 268 g/mol. The van der Waals surface area contributed by atoms with Crippen molar-refractivity contribution in [2.24, 2.45) is 0 Å². The molecule has 2 rings (SSSR count). The Labute approximate surface area is 114 Å². The number of carbonyl (C=O) groups is 1. The van der Waals surface area contributed by atoms with Crippen LogP contribution in [0.3, 0.4) is 0 Å². The van der Waals surface area contributed by atoms with Gasteiger partial charge in [-0.2, -0.15) is 0 Å². The molecule has 110 valence electrons. The van der Waals surface area contributed by atoms with E-state index >= 15 is 0 Å². The van der Waals surface area contributed by atoms with Gasteiger partial charge in [-0.1, -0.05) is 0 Å². The number of hydrogen-bond acceptors (Lipinski definition) is 4. The van der Waals surface area contributed by atoms with Gasteiger partial charge in [-0.25, -0.2) is 12.7 Å². The molecule has 19 heavy (non-hydrogen) atoms. The first-order valence-corrected chi connectivity index (χ1v) is 8.53. The topological polar surface area (TPSA) is 66.9 Å². The maximum atomic E-state index is 12.2. The molecule has 0 radical (unpaired) electrons. The standard InChI is InChI=1S/C12H22N2O4S/c1-2-19(16,17)14-7-4-6-13(8-9-14)12(15)11-5-3-10-18-11/h11H,2-10H2,1H3/t11-/m0/s1. The first kappa shape index (κ1) is 14.7. The second-order valence-corrected chi connectivity index (χ2v) is 7.24. The molecule has 0 aromatic rings. The summed E-state index contributed by atoms with van der Waals surface area (Å²) in [5.41, 5.74) is 0. The fourth-order valence-electron chi connectivity index (χ4n) is 2.55. The van der Waals surface area contributed by atoms with Crippen molar-refractivity contribution in [3.8, 4) is 0 Å². The molecule has 1 atom stereocenters. The highest BCUT2D eigenvalue weighted by atomic mass is 32.2. The Balaban J connectivity index is 1.94. The third-order valence-corrected chi connectivity index (χ3v) is 5.61. The lowest BCUT2D eigenvalue weighted by molar-refractivity contribution is -0.140. The van der Waals surface area contributed by atoms with Crippen molar-refractivity contribution in [3.05, 3.63) is 0 Å². The van der Waals surface area contributed by atoms with Gasteiger partial charge in [0.25, 0.3) is 5.91 Å². The Hall–Kier alpha value is -0.660. The van der Waals surface area contributed by atoms with Gasteiger partial charge in [0.2, 0.25) is 10.0 Å². The van der Waals surface area contributed by atoms with E-state index in [2.05, 4.69) is 0 Å². The SMILES string of the molecule is CCS(=O)(=O)N1CCCN(C(=O)[C@@H]2CCCO2)CC1. The van der Waals surface area contributed by atoms with E-state index in [-0.39, 0.29) is 17.8 Å². The van der Waals surface area contributed by atoms with Crippen molar-refractivity contribution in [3.63, 3.8) is 0 Å². The van der Waals surface area contributed by atoms with Gasteiger partial charge in [-0.15, -0.1) is 0 Å². The zero-order valence-corrected chi connectivity index (χ0v) is 12.2. The second kappa shape index (κ2) is 6.19. The Morgan fingerprint density at radius 3 is 2.63 bits per heavy atom. The van der Waals surface area contributed by atoms with Crippen LogP contribution in [0.4, 0.5) is 0 Å². The summed E-state index contributed by atoms with van der Waals surface area (Å²) < 4.78 is 30.6. The van der Waals surface area contributed by atoms with Gasteiger partial charge >= 0.3 is 0 Å². The maximum Gasteiger partial charge on any atom is 0.251 e. The van der Waals surface area contributed by atoms with Gasteiger partial charge in [-0.3, -0.25) is 4.79 Å². The van der Waals surface area contributed by atoms with Crippen molar-refractivity contribution in [2.45, 2.75) is 32.3 Å². The van der Waals surface area contributed by atoms with Crippen LogP contribution in [0.25, 0.3) is 0 Å². The minimum absolute atomic E-state index is 0.0215. The van der Waals surface area contributed by atoms with Crippen molar-refractivity contribution >= 4 is 15.9 Å². The number of amides is 1. The highest BCUT2D eigenvalue weighted by Gasteiger charge is 2.31. The summed E-state index contributed by atoms with van der Waals surface area (Å²) in [4.78, 5) is 14.0. The van der Waals surface area contributed by atoms with E-state index in [1.807, 2.05) is 0 Å². The summed E-state index contributed by atoms with van der Waals surface area (Å²) in [5.74, 6) is 0.139. The Bertz CT molecular complexity index is 417. The van der Waals surface area contributed by atoms with Crippen LogP contribution in [0.15, 0.2) is 0 Å². The van der Waals surface area contributed by atoms with Crippen molar-refractivity contribution in [1.82, 2.24) is 9.21 Å². The van der Waals surface area contributed by atoms with Gasteiger partial charge in [0.1, 0.15) is 6.10 Å². The van der Waals surface area contributed by atoms with Gasteiger partial charge in [0.15, 0.2) is 0 Å². The van der Waals surface area contributed by atoms with Crippen LogP contribution in [0.2, 0.25) is 0 Å². The molecule has 7 heteroatoms. The van der Waals surface area contributed by atoms with Crippen molar-refractivity contribution in [2.75, 3.05) is 38.5 Å². The monoisotopic (exact) mass is 290 g/mol. The molecular formula is C12H22N2O4S. The molecule has 0 saturated carbocycles. The first-order chi connectivity index (χ1) is 9.04. The van der Waals surface area contributed by atoms with E-state index in [0.29, 0.717) is 39.2 Å². The van der Waals surface area contributed by atoms with Crippen LogP contribution in [0.5, 0.6) is 0 Å². The molecule has 2 aliphatic rings. The van der Waals surface area contributed by atoms with Crippen LogP contribution in [-0.2, 0) is 19.6 Å². The third kappa shape index (κ3) is 3.46. The average molecular weight is 290 g/mol. The van der Waals surface area contributed by atoms with Crippen molar-refractivity contribution < 1.29 is 17.9 Å². The molecule has 2 saturated heterocycles. The molecule has 0 unspecified atom stereocenters. The van der Waals surface area contributed by atoms with E-state index in [4.69, 9.17) is 4.74 Å².